The number of hydrogen-bond donors (Lipinski definition) is 1. The van der Waals surface area contributed by atoms with Gasteiger partial charge in [-0.3, -0.25) is 4.79 Å². The summed E-state index contributed by atoms with van der Waals surface area (Å²) in [5.41, 5.74) is 1.15. The summed E-state index contributed by atoms with van der Waals surface area (Å²) in [5.74, 6) is -0.871. The first-order chi connectivity index (χ1) is 7.72. The predicted molar refractivity (Wildman–Crippen MR) is 55.7 cm³/mol. The summed E-state index contributed by atoms with van der Waals surface area (Å²) in [5, 5.41) is 17.0. The molecule has 0 fully saturated rings. The number of aliphatic carboxylic acids is 1. The van der Waals surface area contributed by atoms with Crippen molar-refractivity contribution in [2.45, 2.75) is 12.8 Å². The fraction of sp³-hybridized carbons (Fsp3) is 0.364. The number of carbonyl (C=O) groups is 1. The van der Waals surface area contributed by atoms with Gasteiger partial charge in [0.25, 0.3) is 0 Å². The van der Waals surface area contributed by atoms with Crippen molar-refractivity contribution in [1.29, 1.82) is 5.26 Å². The Kier molecular flexibility index (Phi) is 4.96. The van der Waals surface area contributed by atoms with Crippen LogP contribution in [0.15, 0.2) is 18.2 Å². The number of carboxylic acid groups (broad SMARTS) is 1. The van der Waals surface area contributed by atoms with E-state index in [4.69, 9.17) is 15.1 Å². The lowest BCUT2D eigenvalue weighted by atomic mass is 10.2. The van der Waals surface area contributed by atoms with Gasteiger partial charge in [-0.1, -0.05) is 6.07 Å². The van der Waals surface area contributed by atoms with Crippen LogP contribution in [0.4, 0.5) is 0 Å². The van der Waals surface area contributed by atoms with Crippen molar-refractivity contribution in [2.75, 3.05) is 13.2 Å². The van der Waals surface area contributed by atoms with E-state index in [9.17, 15) is 4.79 Å². The molecule has 0 amide bonds. The van der Waals surface area contributed by atoms with E-state index in [1.54, 1.807) is 18.2 Å². The van der Waals surface area contributed by atoms with E-state index in [-0.39, 0.29) is 13.0 Å². The lowest BCUT2D eigenvalue weighted by Crippen LogP contribution is -2.06. The van der Waals surface area contributed by atoms with E-state index < -0.39 is 5.97 Å². The predicted octanol–water partition coefficient (Wildman–Crippen LogP) is 0.987. The molecule has 1 heterocycles. The maximum Gasteiger partial charge on any atom is 0.305 e. The van der Waals surface area contributed by atoms with Gasteiger partial charge in [-0.05, 0) is 12.1 Å². The average Bonchev–Trinajstić information content (AvgIpc) is 2.28. The maximum absolute atomic E-state index is 10.2. The third kappa shape index (κ3) is 4.53. The molecule has 0 radical (unpaired) electrons. The molecule has 0 spiro atoms. The molecule has 5 nitrogen and oxygen atoms in total. The first kappa shape index (κ1) is 12.1. The highest BCUT2D eigenvalue weighted by Gasteiger charge is 1.99. The number of hydrogen-bond acceptors (Lipinski definition) is 4. The molecule has 1 aromatic rings. The number of rotatable bonds is 6. The van der Waals surface area contributed by atoms with Gasteiger partial charge in [-0.25, -0.2) is 4.98 Å². The van der Waals surface area contributed by atoms with Crippen LogP contribution in [0.1, 0.15) is 17.8 Å². The minimum atomic E-state index is -0.871. The highest BCUT2D eigenvalue weighted by Crippen LogP contribution is 1.99. The van der Waals surface area contributed by atoms with Crippen LogP contribution in [0.3, 0.4) is 0 Å². The third-order valence-corrected chi connectivity index (χ3v) is 1.88. The molecule has 1 aromatic heterocycles. The number of carboxylic acids is 1. The second-order valence-electron chi connectivity index (χ2n) is 3.13. The van der Waals surface area contributed by atoms with Crippen LogP contribution in [0.5, 0.6) is 0 Å². The van der Waals surface area contributed by atoms with Crippen LogP contribution in [-0.2, 0) is 16.0 Å². The van der Waals surface area contributed by atoms with Crippen molar-refractivity contribution in [2.24, 2.45) is 0 Å². The minimum absolute atomic E-state index is 0.00562. The summed E-state index contributed by atoms with van der Waals surface area (Å²) >= 11 is 0. The van der Waals surface area contributed by atoms with Crippen molar-refractivity contribution in [3.8, 4) is 6.07 Å². The van der Waals surface area contributed by atoms with Crippen molar-refractivity contribution < 1.29 is 14.6 Å². The van der Waals surface area contributed by atoms with E-state index in [0.717, 1.165) is 5.69 Å². The van der Waals surface area contributed by atoms with Gasteiger partial charge < -0.3 is 9.84 Å². The summed E-state index contributed by atoms with van der Waals surface area (Å²) < 4.78 is 5.12. The van der Waals surface area contributed by atoms with Crippen LogP contribution in [0, 0.1) is 11.3 Å². The number of pyridine rings is 1. The lowest BCUT2D eigenvalue weighted by molar-refractivity contribution is -0.138. The molecule has 0 aromatic carbocycles. The van der Waals surface area contributed by atoms with E-state index in [1.807, 2.05) is 6.07 Å². The zero-order valence-electron chi connectivity index (χ0n) is 8.72. The molecular weight excluding hydrogens is 208 g/mol. The molecule has 16 heavy (non-hydrogen) atoms. The van der Waals surface area contributed by atoms with Crippen molar-refractivity contribution in [3.63, 3.8) is 0 Å². The molecule has 0 saturated carbocycles. The Bertz CT molecular complexity index is 398. The highest BCUT2D eigenvalue weighted by atomic mass is 16.5. The van der Waals surface area contributed by atoms with E-state index in [0.29, 0.717) is 18.7 Å². The van der Waals surface area contributed by atoms with E-state index in [1.165, 1.54) is 0 Å². The van der Waals surface area contributed by atoms with E-state index in [2.05, 4.69) is 4.98 Å². The molecule has 84 valence electrons. The fourth-order valence-corrected chi connectivity index (χ4v) is 1.12. The summed E-state index contributed by atoms with van der Waals surface area (Å²) in [6.07, 6.45) is 0.584. The van der Waals surface area contributed by atoms with Crippen LogP contribution in [0.2, 0.25) is 0 Å². The summed E-state index contributed by atoms with van der Waals surface area (Å²) in [6, 6.07) is 7.16. The first-order valence-corrected chi connectivity index (χ1v) is 4.88. The molecule has 5 heteroatoms. The Balaban J connectivity index is 2.27. The molecule has 0 atom stereocenters. The third-order valence-electron chi connectivity index (χ3n) is 1.88. The Hall–Kier alpha value is -1.93. The van der Waals surface area contributed by atoms with Gasteiger partial charge in [0.15, 0.2) is 0 Å². The monoisotopic (exact) mass is 220 g/mol. The highest BCUT2D eigenvalue weighted by molar-refractivity contribution is 5.66. The standard InChI is InChI=1S/C11H12N2O3/c12-8-10-3-1-2-9(13-10)4-6-16-7-5-11(14)15/h1-3H,4-7H2,(H,14,15). The molecule has 0 unspecified atom stereocenters. The van der Waals surface area contributed by atoms with Crippen molar-refractivity contribution >= 4 is 5.97 Å². The molecular formula is C11H12N2O3. The number of nitrogens with zero attached hydrogens (tertiary/aromatic N) is 2. The quantitative estimate of drug-likeness (QED) is 0.722. The van der Waals surface area contributed by atoms with Gasteiger partial charge in [-0.2, -0.15) is 5.26 Å². The van der Waals surface area contributed by atoms with Gasteiger partial charge in [0.05, 0.1) is 19.6 Å². The number of nitriles is 1. The van der Waals surface area contributed by atoms with Crippen molar-refractivity contribution in [1.82, 2.24) is 4.98 Å². The maximum atomic E-state index is 10.2. The lowest BCUT2D eigenvalue weighted by Gasteiger charge is -2.02. The van der Waals surface area contributed by atoms with Gasteiger partial charge in [0.1, 0.15) is 11.8 Å². The summed E-state index contributed by atoms with van der Waals surface area (Å²) in [7, 11) is 0. The SMILES string of the molecule is N#Cc1cccc(CCOCCC(=O)O)n1. The molecule has 0 aliphatic carbocycles. The topological polar surface area (TPSA) is 83.2 Å². The van der Waals surface area contributed by atoms with Crippen molar-refractivity contribution in [3.05, 3.63) is 29.6 Å². The first-order valence-electron chi connectivity index (χ1n) is 4.88. The molecule has 0 aliphatic rings. The van der Waals surface area contributed by atoms with E-state index >= 15 is 0 Å². The number of aromatic nitrogens is 1. The van der Waals surface area contributed by atoms with Gasteiger partial charge in [0.2, 0.25) is 0 Å². The zero-order valence-corrected chi connectivity index (χ0v) is 8.72. The van der Waals surface area contributed by atoms with Crippen LogP contribution < -0.4 is 0 Å². The van der Waals surface area contributed by atoms with Gasteiger partial charge in [-0.15, -0.1) is 0 Å². The van der Waals surface area contributed by atoms with Crippen LogP contribution in [-0.4, -0.2) is 29.3 Å². The molecule has 0 saturated heterocycles. The normalized spacial score (nSPS) is 9.69. The van der Waals surface area contributed by atoms with Crippen LogP contribution >= 0.6 is 0 Å². The Morgan fingerprint density at radius 2 is 2.31 bits per heavy atom. The molecule has 0 bridgehead atoms. The summed E-state index contributed by atoms with van der Waals surface area (Å²) in [4.78, 5) is 14.3. The number of ether oxygens (including phenoxy) is 1. The molecule has 0 aliphatic heterocycles. The molecule has 1 N–H and O–H groups in total. The van der Waals surface area contributed by atoms with Crippen LogP contribution in [0.25, 0.3) is 0 Å². The zero-order chi connectivity index (χ0) is 11.8. The van der Waals surface area contributed by atoms with Gasteiger partial charge in [0, 0.05) is 12.1 Å². The second-order valence-corrected chi connectivity index (χ2v) is 3.13. The van der Waals surface area contributed by atoms with Gasteiger partial charge >= 0.3 is 5.97 Å². The minimum Gasteiger partial charge on any atom is -0.481 e. The molecule has 1 rings (SSSR count). The fourth-order valence-electron chi connectivity index (χ4n) is 1.12. The Labute approximate surface area is 93.3 Å². The Morgan fingerprint density at radius 1 is 1.50 bits per heavy atom. The smallest absolute Gasteiger partial charge is 0.305 e. The Morgan fingerprint density at radius 3 is 3.00 bits per heavy atom. The second kappa shape index (κ2) is 6.53. The summed E-state index contributed by atoms with van der Waals surface area (Å²) in [6.45, 7) is 0.614. The average molecular weight is 220 g/mol. The largest absolute Gasteiger partial charge is 0.481 e.